The number of nitrogens with one attached hydrogen (secondary N) is 1. The molecule has 1 aliphatic heterocycles. The van der Waals surface area contributed by atoms with Crippen LogP contribution < -0.4 is 5.32 Å². The number of nitrogens with zero attached hydrogens (tertiary/aromatic N) is 1. The summed E-state index contributed by atoms with van der Waals surface area (Å²) < 4.78 is 5.38. The fourth-order valence-corrected chi connectivity index (χ4v) is 1.87. The molecule has 0 radical (unpaired) electrons. The Morgan fingerprint density at radius 1 is 1.38 bits per heavy atom. The van der Waals surface area contributed by atoms with Crippen molar-refractivity contribution < 1.29 is 9.53 Å². The molecular formula is C12H24N2O2. The molecule has 0 saturated carbocycles. The quantitative estimate of drug-likeness (QED) is 0.746. The van der Waals surface area contributed by atoms with Crippen molar-refractivity contribution >= 4 is 6.09 Å². The zero-order valence-corrected chi connectivity index (χ0v) is 10.9. The number of ether oxygens (including phenoxy) is 1. The summed E-state index contributed by atoms with van der Waals surface area (Å²) in [5, 5.41) is 3.24. The van der Waals surface area contributed by atoms with Gasteiger partial charge in [-0.3, -0.25) is 0 Å². The average Bonchev–Trinajstić information content (AvgIpc) is 2.39. The van der Waals surface area contributed by atoms with Crippen molar-refractivity contribution in [1.82, 2.24) is 10.2 Å². The Kier molecular flexibility index (Phi) is 4.59. The molecule has 0 aromatic carbocycles. The molecule has 1 fully saturated rings. The van der Waals surface area contributed by atoms with Crippen LogP contribution in [0.1, 0.15) is 40.0 Å². The summed E-state index contributed by atoms with van der Waals surface area (Å²) in [6, 6.07) is 0.398. The smallest absolute Gasteiger partial charge is 0.410 e. The van der Waals surface area contributed by atoms with Crippen LogP contribution in [0.25, 0.3) is 0 Å². The van der Waals surface area contributed by atoms with Crippen molar-refractivity contribution in [3.05, 3.63) is 0 Å². The van der Waals surface area contributed by atoms with Crippen molar-refractivity contribution in [2.75, 3.05) is 20.1 Å². The lowest BCUT2D eigenvalue weighted by atomic mass is 10.1. The van der Waals surface area contributed by atoms with Crippen LogP contribution in [0.15, 0.2) is 0 Å². The molecule has 1 atom stereocenters. The highest BCUT2D eigenvalue weighted by Gasteiger charge is 2.25. The van der Waals surface area contributed by atoms with E-state index in [-0.39, 0.29) is 6.09 Å². The second-order valence-electron chi connectivity index (χ2n) is 5.41. The Morgan fingerprint density at radius 3 is 2.62 bits per heavy atom. The van der Waals surface area contributed by atoms with E-state index in [1.54, 1.807) is 0 Å². The van der Waals surface area contributed by atoms with Gasteiger partial charge in [0.2, 0.25) is 0 Å². The predicted molar refractivity (Wildman–Crippen MR) is 64.5 cm³/mol. The molecule has 1 rings (SSSR count). The number of likely N-dealkylation sites (N-methyl/N-ethyl adjacent to an activating group) is 1. The summed E-state index contributed by atoms with van der Waals surface area (Å²) in [6.07, 6.45) is 3.19. The first-order valence-corrected chi connectivity index (χ1v) is 6.07. The largest absolute Gasteiger partial charge is 0.444 e. The highest BCUT2D eigenvalue weighted by atomic mass is 16.6. The topological polar surface area (TPSA) is 41.6 Å². The number of carbonyl (C=O) groups is 1. The minimum absolute atomic E-state index is 0.186. The van der Waals surface area contributed by atoms with Crippen LogP contribution in [-0.2, 0) is 4.74 Å². The van der Waals surface area contributed by atoms with Gasteiger partial charge >= 0.3 is 6.09 Å². The SMILES string of the molecule is CN[C@H]1CCCCN(C(=O)OC(C)(C)C)C1. The van der Waals surface area contributed by atoms with E-state index in [1.165, 1.54) is 6.42 Å². The predicted octanol–water partition coefficient (Wildman–Crippen LogP) is 2.00. The lowest BCUT2D eigenvalue weighted by Crippen LogP contribution is -2.43. The van der Waals surface area contributed by atoms with Gasteiger partial charge in [-0.25, -0.2) is 4.79 Å². The molecule has 0 bridgehead atoms. The zero-order valence-electron chi connectivity index (χ0n) is 10.9. The Hall–Kier alpha value is -0.770. The highest BCUT2D eigenvalue weighted by Crippen LogP contribution is 2.15. The van der Waals surface area contributed by atoms with Crippen molar-refractivity contribution in [2.24, 2.45) is 0 Å². The molecule has 0 aromatic rings. The van der Waals surface area contributed by atoms with E-state index in [2.05, 4.69) is 5.32 Å². The first-order chi connectivity index (χ1) is 7.42. The molecule has 0 spiro atoms. The normalized spacial score (nSPS) is 22.8. The maximum absolute atomic E-state index is 11.9. The third kappa shape index (κ3) is 4.39. The van der Waals surface area contributed by atoms with E-state index in [1.807, 2.05) is 32.7 Å². The summed E-state index contributed by atoms with van der Waals surface area (Å²) in [6.45, 7) is 7.27. The van der Waals surface area contributed by atoms with Crippen LogP contribution in [0.3, 0.4) is 0 Å². The van der Waals surface area contributed by atoms with Gasteiger partial charge < -0.3 is 15.0 Å². The molecule has 1 amide bonds. The van der Waals surface area contributed by atoms with Crippen LogP contribution >= 0.6 is 0 Å². The molecule has 4 heteroatoms. The number of carbonyl (C=O) groups excluding carboxylic acids is 1. The van der Waals surface area contributed by atoms with Crippen molar-refractivity contribution in [3.8, 4) is 0 Å². The molecule has 0 aliphatic carbocycles. The Balaban J connectivity index is 2.53. The average molecular weight is 228 g/mol. The van der Waals surface area contributed by atoms with Crippen LogP contribution in [0.5, 0.6) is 0 Å². The molecule has 94 valence electrons. The van der Waals surface area contributed by atoms with Gasteiger partial charge in [0.1, 0.15) is 5.60 Å². The number of rotatable bonds is 1. The molecule has 1 heterocycles. The zero-order chi connectivity index (χ0) is 12.2. The molecule has 0 aromatic heterocycles. The van der Waals surface area contributed by atoms with Crippen LogP contribution in [0.2, 0.25) is 0 Å². The van der Waals surface area contributed by atoms with E-state index in [4.69, 9.17) is 4.74 Å². The van der Waals surface area contributed by atoms with E-state index in [0.29, 0.717) is 6.04 Å². The molecule has 1 aliphatic rings. The van der Waals surface area contributed by atoms with E-state index < -0.39 is 5.60 Å². The lowest BCUT2D eigenvalue weighted by Gasteiger charge is -2.28. The fraction of sp³-hybridized carbons (Fsp3) is 0.917. The fourth-order valence-electron chi connectivity index (χ4n) is 1.87. The molecular weight excluding hydrogens is 204 g/mol. The summed E-state index contributed by atoms with van der Waals surface area (Å²) >= 11 is 0. The van der Waals surface area contributed by atoms with Gasteiger partial charge in [-0.05, 0) is 40.7 Å². The van der Waals surface area contributed by atoms with Gasteiger partial charge in [0.25, 0.3) is 0 Å². The minimum Gasteiger partial charge on any atom is -0.444 e. The number of hydrogen-bond acceptors (Lipinski definition) is 3. The third-order valence-corrected chi connectivity index (χ3v) is 2.73. The van der Waals surface area contributed by atoms with Crippen LogP contribution in [-0.4, -0.2) is 42.8 Å². The Morgan fingerprint density at radius 2 is 2.06 bits per heavy atom. The molecule has 16 heavy (non-hydrogen) atoms. The second-order valence-corrected chi connectivity index (χ2v) is 5.41. The Labute approximate surface area is 98.3 Å². The van der Waals surface area contributed by atoms with Gasteiger partial charge in [-0.1, -0.05) is 6.42 Å². The Bertz CT molecular complexity index is 236. The third-order valence-electron chi connectivity index (χ3n) is 2.73. The summed E-state index contributed by atoms with van der Waals surface area (Å²) in [5.74, 6) is 0. The number of hydrogen-bond donors (Lipinski definition) is 1. The van der Waals surface area contributed by atoms with Gasteiger partial charge in [-0.2, -0.15) is 0 Å². The van der Waals surface area contributed by atoms with E-state index in [0.717, 1.165) is 25.9 Å². The van der Waals surface area contributed by atoms with E-state index >= 15 is 0 Å². The molecule has 0 unspecified atom stereocenters. The van der Waals surface area contributed by atoms with Crippen molar-refractivity contribution in [2.45, 2.75) is 51.7 Å². The summed E-state index contributed by atoms with van der Waals surface area (Å²) in [5.41, 5.74) is -0.404. The first kappa shape index (κ1) is 13.3. The second kappa shape index (κ2) is 5.53. The van der Waals surface area contributed by atoms with Crippen molar-refractivity contribution in [3.63, 3.8) is 0 Å². The molecule has 1 N–H and O–H groups in total. The van der Waals surface area contributed by atoms with E-state index in [9.17, 15) is 4.79 Å². The van der Waals surface area contributed by atoms with Gasteiger partial charge in [0, 0.05) is 19.1 Å². The van der Waals surface area contributed by atoms with Gasteiger partial charge in [0.05, 0.1) is 0 Å². The maximum atomic E-state index is 11.9. The van der Waals surface area contributed by atoms with Crippen LogP contribution in [0, 0.1) is 0 Å². The number of likely N-dealkylation sites (tertiary alicyclic amines) is 1. The molecule has 4 nitrogen and oxygen atoms in total. The van der Waals surface area contributed by atoms with Gasteiger partial charge in [-0.15, -0.1) is 0 Å². The van der Waals surface area contributed by atoms with Crippen LogP contribution in [0.4, 0.5) is 4.79 Å². The first-order valence-electron chi connectivity index (χ1n) is 6.07. The lowest BCUT2D eigenvalue weighted by molar-refractivity contribution is 0.0245. The maximum Gasteiger partial charge on any atom is 0.410 e. The van der Waals surface area contributed by atoms with Gasteiger partial charge in [0.15, 0.2) is 0 Å². The molecule has 1 saturated heterocycles. The standard InChI is InChI=1S/C12H24N2O2/c1-12(2,3)16-11(15)14-8-6-5-7-10(9-14)13-4/h10,13H,5-9H2,1-4H3/t10-/m0/s1. The summed E-state index contributed by atoms with van der Waals surface area (Å²) in [4.78, 5) is 13.7. The van der Waals surface area contributed by atoms with Crippen molar-refractivity contribution in [1.29, 1.82) is 0 Å². The monoisotopic (exact) mass is 228 g/mol. The highest BCUT2D eigenvalue weighted by molar-refractivity contribution is 5.68. The summed E-state index contributed by atoms with van der Waals surface area (Å²) in [7, 11) is 1.95. The minimum atomic E-state index is -0.404. The number of amides is 1.